The molecule has 7 heteroatoms. The molecule has 1 fully saturated rings. The van der Waals surface area contributed by atoms with E-state index in [9.17, 15) is 0 Å². The number of benzene rings is 1. The number of nitrogens with zero attached hydrogens (tertiary/aromatic N) is 1. The van der Waals surface area contributed by atoms with E-state index in [-0.39, 0.29) is 24.0 Å². The monoisotopic (exact) mass is 465 g/mol. The fourth-order valence-corrected chi connectivity index (χ4v) is 3.58. The maximum Gasteiger partial charge on any atom is 0.191 e. The lowest BCUT2D eigenvalue weighted by Crippen LogP contribution is -2.40. The Balaban J connectivity index is 0.00000288. The summed E-state index contributed by atoms with van der Waals surface area (Å²) in [4.78, 5) is 4.25. The average Bonchev–Trinajstić information content (AvgIpc) is 3.11. The number of ether oxygens (including phenoxy) is 2. The lowest BCUT2D eigenvalue weighted by molar-refractivity contribution is 0.310. The second kappa shape index (κ2) is 12.5. The first-order valence-electron chi connectivity index (χ1n) is 8.15. The Morgan fingerprint density at radius 3 is 2.62 bits per heavy atom. The number of hydrogen-bond donors (Lipinski definition) is 2. The van der Waals surface area contributed by atoms with Crippen molar-refractivity contribution < 1.29 is 9.47 Å². The van der Waals surface area contributed by atoms with Crippen LogP contribution >= 0.6 is 35.7 Å². The van der Waals surface area contributed by atoms with Crippen LogP contribution in [0.2, 0.25) is 0 Å². The average molecular weight is 465 g/mol. The zero-order valence-corrected chi connectivity index (χ0v) is 17.6. The van der Waals surface area contributed by atoms with Crippen molar-refractivity contribution in [3.05, 3.63) is 24.3 Å². The highest BCUT2D eigenvalue weighted by atomic mass is 127. The number of methoxy groups -OCH3 is 1. The minimum atomic E-state index is 0. The van der Waals surface area contributed by atoms with E-state index in [0.717, 1.165) is 42.2 Å². The van der Waals surface area contributed by atoms with E-state index in [4.69, 9.17) is 9.47 Å². The van der Waals surface area contributed by atoms with Gasteiger partial charge in [0.1, 0.15) is 11.5 Å². The number of aliphatic imine (C=N–C) groups is 1. The molecule has 0 aromatic heterocycles. The van der Waals surface area contributed by atoms with Crippen LogP contribution < -0.4 is 20.1 Å². The smallest absolute Gasteiger partial charge is 0.191 e. The topological polar surface area (TPSA) is 54.9 Å². The lowest BCUT2D eigenvalue weighted by atomic mass is 10.2. The van der Waals surface area contributed by atoms with Crippen molar-refractivity contribution in [1.29, 1.82) is 0 Å². The molecule has 24 heavy (non-hydrogen) atoms. The highest BCUT2D eigenvalue weighted by Gasteiger charge is 2.15. The van der Waals surface area contributed by atoms with E-state index in [1.54, 1.807) is 7.11 Å². The van der Waals surface area contributed by atoms with E-state index in [1.807, 2.05) is 31.3 Å². The lowest BCUT2D eigenvalue weighted by Gasteiger charge is -2.15. The molecule has 136 valence electrons. The molecule has 1 aromatic carbocycles. The van der Waals surface area contributed by atoms with Crippen molar-refractivity contribution in [3.8, 4) is 11.5 Å². The number of thioether (sulfide) groups is 1. The molecule has 2 rings (SSSR count). The van der Waals surface area contributed by atoms with Crippen LogP contribution in [0.5, 0.6) is 11.5 Å². The maximum atomic E-state index is 5.70. The molecule has 1 aliphatic rings. The molecule has 0 radical (unpaired) electrons. The van der Waals surface area contributed by atoms with Crippen molar-refractivity contribution in [3.63, 3.8) is 0 Å². The van der Waals surface area contributed by atoms with E-state index in [1.165, 1.54) is 18.6 Å². The van der Waals surface area contributed by atoms with Gasteiger partial charge in [-0.25, -0.2) is 0 Å². The molecule has 1 aliphatic heterocycles. The van der Waals surface area contributed by atoms with Crippen molar-refractivity contribution >= 4 is 41.7 Å². The molecule has 1 heterocycles. The van der Waals surface area contributed by atoms with Crippen molar-refractivity contribution in [2.45, 2.75) is 24.5 Å². The number of rotatable bonds is 8. The summed E-state index contributed by atoms with van der Waals surface area (Å²) < 4.78 is 10.8. The minimum absolute atomic E-state index is 0. The highest BCUT2D eigenvalue weighted by molar-refractivity contribution is 14.0. The van der Waals surface area contributed by atoms with E-state index >= 15 is 0 Å². The summed E-state index contributed by atoms with van der Waals surface area (Å²) in [5.41, 5.74) is 0. The SMILES string of the molecule is CN=C(NCCCOc1ccc(OC)cc1)NCC1CCCS1.I. The minimum Gasteiger partial charge on any atom is -0.497 e. The second-order valence-corrected chi connectivity index (χ2v) is 6.80. The number of halogens is 1. The molecular weight excluding hydrogens is 437 g/mol. The van der Waals surface area contributed by atoms with Gasteiger partial charge in [-0.1, -0.05) is 0 Å². The molecule has 0 amide bonds. The maximum absolute atomic E-state index is 5.70. The first-order chi connectivity index (χ1) is 11.3. The summed E-state index contributed by atoms with van der Waals surface area (Å²) in [6.07, 6.45) is 3.57. The van der Waals surface area contributed by atoms with E-state index in [2.05, 4.69) is 27.4 Å². The number of hydrogen-bond acceptors (Lipinski definition) is 4. The summed E-state index contributed by atoms with van der Waals surface area (Å²) in [5.74, 6) is 3.88. The molecule has 1 atom stereocenters. The Labute approximate surface area is 166 Å². The first-order valence-corrected chi connectivity index (χ1v) is 9.19. The van der Waals surface area contributed by atoms with Crippen LogP contribution in [0, 0.1) is 0 Å². The van der Waals surface area contributed by atoms with Gasteiger partial charge in [-0.05, 0) is 49.3 Å². The Hall–Kier alpha value is -0.830. The summed E-state index contributed by atoms with van der Waals surface area (Å²) in [7, 11) is 3.47. The van der Waals surface area contributed by atoms with Crippen LogP contribution in [0.1, 0.15) is 19.3 Å². The quantitative estimate of drug-likeness (QED) is 0.268. The normalized spacial score (nSPS) is 17.1. The molecule has 2 N–H and O–H groups in total. The number of nitrogens with one attached hydrogen (secondary N) is 2. The Kier molecular flexibility index (Phi) is 11.1. The van der Waals surface area contributed by atoms with Gasteiger partial charge in [0.25, 0.3) is 0 Å². The van der Waals surface area contributed by atoms with Crippen molar-refractivity contribution in [1.82, 2.24) is 10.6 Å². The second-order valence-electron chi connectivity index (χ2n) is 5.39. The predicted octanol–water partition coefficient (Wildman–Crippen LogP) is 3.14. The van der Waals surface area contributed by atoms with Gasteiger partial charge in [0.15, 0.2) is 5.96 Å². The van der Waals surface area contributed by atoms with Gasteiger partial charge in [-0.3, -0.25) is 4.99 Å². The third-order valence-electron chi connectivity index (χ3n) is 3.69. The van der Waals surface area contributed by atoms with Gasteiger partial charge in [0.2, 0.25) is 0 Å². The van der Waals surface area contributed by atoms with Crippen molar-refractivity contribution in [2.24, 2.45) is 4.99 Å². The first kappa shape index (κ1) is 21.2. The molecule has 0 aliphatic carbocycles. The standard InChI is InChI=1S/C17H27N3O2S.HI/c1-18-17(20-13-16-5-3-12-23-16)19-10-4-11-22-15-8-6-14(21-2)7-9-15;/h6-9,16H,3-5,10-13H2,1-2H3,(H2,18,19,20);1H. The molecule has 1 unspecified atom stereocenters. The van der Waals surface area contributed by atoms with Gasteiger partial charge < -0.3 is 20.1 Å². The van der Waals surface area contributed by atoms with E-state index in [0.29, 0.717) is 6.61 Å². The molecular formula is C17H28IN3O2S. The molecule has 1 saturated heterocycles. The van der Waals surface area contributed by atoms with Gasteiger partial charge in [-0.2, -0.15) is 11.8 Å². The Morgan fingerprint density at radius 1 is 1.25 bits per heavy atom. The highest BCUT2D eigenvalue weighted by Crippen LogP contribution is 2.25. The van der Waals surface area contributed by atoms with Gasteiger partial charge >= 0.3 is 0 Å². The predicted molar refractivity (Wildman–Crippen MR) is 113 cm³/mol. The van der Waals surface area contributed by atoms with Crippen molar-refractivity contribution in [2.75, 3.05) is 39.6 Å². The van der Waals surface area contributed by atoms with Gasteiger partial charge in [0.05, 0.1) is 13.7 Å². The molecule has 0 spiro atoms. The fraction of sp³-hybridized carbons (Fsp3) is 0.588. The van der Waals surface area contributed by atoms with Gasteiger partial charge in [0, 0.05) is 25.4 Å². The molecule has 5 nitrogen and oxygen atoms in total. The van der Waals surface area contributed by atoms with Crippen LogP contribution in [-0.2, 0) is 0 Å². The zero-order chi connectivity index (χ0) is 16.3. The summed E-state index contributed by atoms with van der Waals surface area (Å²) >= 11 is 2.05. The third-order valence-corrected chi connectivity index (χ3v) is 5.08. The van der Waals surface area contributed by atoms with Crippen LogP contribution in [-0.4, -0.2) is 50.8 Å². The van der Waals surface area contributed by atoms with Crippen LogP contribution in [0.25, 0.3) is 0 Å². The largest absolute Gasteiger partial charge is 0.497 e. The zero-order valence-electron chi connectivity index (χ0n) is 14.4. The number of guanidine groups is 1. The van der Waals surface area contributed by atoms with Crippen LogP contribution in [0.3, 0.4) is 0 Å². The van der Waals surface area contributed by atoms with Crippen LogP contribution in [0.15, 0.2) is 29.3 Å². The summed E-state index contributed by atoms with van der Waals surface area (Å²) in [5, 5.41) is 7.45. The Bertz CT molecular complexity index is 479. The van der Waals surface area contributed by atoms with E-state index < -0.39 is 0 Å². The molecule has 0 saturated carbocycles. The molecule has 0 bridgehead atoms. The summed E-state index contributed by atoms with van der Waals surface area (Å²) in [6.45, 7) is 2.51. The fourth-order valence-electron chi connectivity index (χ4n) is 2.38. The van der Waals surface area contributed by atoms with Gasteiger partial charge in [-0.15, -0.1) is 24.0 Å². The Morgan fingerprint density at radius 2 is 2.00 bits per heavy atom. The van der Waals surface area contributed by atoms with Crippen LogP contribution in [0.4, 0.5) is 0 Å². The third kappa shape index (κ3) is 7.83. The molecule has 1 aromatic rings. The summed E-state index contributed by atoms with van der Waals surface area (Å²) in [6, 6.07) is 7.65.